The SMILES string of the molecule is CN(C)c1ccc(O)c2c1C[C@H]1C[C@H]3[C@H](N(C)C)C(=O)C(C(N)=O)=C(O)[C@@]3(O)C(=O)C1=C2O.O=[N+]([O-])O. The number of rotatable bonds is 3. The second-order valence-corrected chi connectivity index (χ2v) is 9.55. The zero-order valence-corrected chi connectivity index (χ0v) is 20.5. The second-order valence-electron chi connectivity index (χ2n) is 9.55. The van der Waals surface area contributed by atoms with Crippen molar-refractivity contribution in [3.63, 3.8) is 0 Å². The topological polar surface area (TPSA) is 228 Å². The van der Waals surface area contributed by atoms with Gasteiger partial charge in [-0.2, -0.15) is 0 Å². The van der Waals surface area contributed by atoms with E-state index in [1.165, 1.54) is 11.0 Å². The highest BCUT2D eigenvalue weighted by molar-refractivity contribution is 6.24. The summed E-state index contributed by atoms with van der Waals surface area (Å²) in [5.41, 5.74) is 3.15. The molecule has 3 aliphatic rings. The van der Waals surface area contributed by atoms with Gasteiger partial charge in [-0.05, 0) is 50.6 Å². The van der Waals surface area contributed by atoms with E-state index in [4.69, 9.17) is 21.1 Å². The maximum atomic E-state index is 13.7. The van der Waals surface area contributed by atoms with E-state index in [0.29, 0.717) is 5.56 Å². The van der Waals surface area contributed by atoms with Crippen LogP contribution in [0.1, 0.15) is 17.5 Å². The second kappa shape index (κ2) is 9.37. The maximum absolute atomic E-state index is 13.7. The van der Waals surface area contributed by atoms with E-state index < -0.39 is 63.1 Å². The third-order valence-electron chi connectivity index (χ3n) is 7.06. The summed E-state index contributed by atoms with van der Waals surface area (Å²) in [7, 11) is 6.75. The monoisotopic (exact) mass is 520 g/mol. The molecule has 0 unspecified atom stereocenters. The molecule has 1 aromatic rings. The quantitative estimate of drug-likeness (QED) is 0.171. The van der Waals surface area contributed by atoms with E-state index in [-0.39, 0.29) is 29.7 Å². The van der Waals surface area contributed by atoms with E-state index in [1.54, 1.807) is 20.2 Å². The predicted octanol–water partition coefficient (Wildman–Crippen LogP) is -0.318. The predicted molar refractivity (Wildman–Crippen MR) is 127 cm³/mol. The molecule has 14 heteroatoms. The molecule has 0 saturated heterocycles. The number of phenols is 1. The average Bonchev–Trinajstić information content (AvgIpc) is 2.75. The lowest BCUT2D eigenvalue weighted by Crippen LogP contribution is -2.65. The number of hydrogen-bond donors (Lipinski definition) is 6. The Balaban J connectivity index is 0.000000886. The molecule has 1 fully saturated rings. The molecule has 7 N–H and O–H groups in total. The first kappa shape index (κ1) is 27.4. The minimum Gasteiger partial charge on any atom is -0.508 e. The molecule has 3 aliphatic carbocycles. The molecular weight excluding hydrogens is 492 g/mol. The third kappa shape index (κ3) is 4.13. The lowest BCUT2D eigenvalue weighted by Gasteiger charge is -2.50. The molecule has 37 heavy (non-hydrogen) atoms. The van der Waals surface area contributed by atoms with Crippen LogP contribution in [0.15, 0.2) is 29.0 Å². The zero-order valence-electron chi connectivity index (χ0n) is 20.5. The van der Waals surface area contributed by atoms with Crippen molar-refractivity contribution in [2.24, 2.45) is 17.6 Å². The number of nitrogens with two attached hydrogens (primary N) is 1. The number of Topliss-reactive ketones (excluding diaryl/α,β-unsaturated/α-hetero) is 2. The molecule has 1 amide bonds. The van der Waals surface area contributed by atoms with Crippen molar-refractivity contribution < 1.29 is 45.1 Å². The summed E-state index contributed by atoms with van der Waals surface area (Å²) >= 11 is 0. The number of aliphatic hydroxyl groups is 3. The van der Waals surface area contributed by atoms with Crippen LogP contribution in [0.25, 0.3) is 5.76 Å². The molecule has 0 aromatic heterocycles. The van der Waals surface area contributed by atoms with Crippen molar-refractivity contribution in [2.75, 3.05) is 33.1 Å². The van der Waals surface area contributed by atoms with E-state index in [9.17, 15) is 34.8 Å². The van der Waals surface area contributed by atoms with E-state index in [2.05, 4.69) is 0 Å². The summed E-state index contributed by atoms with van der Waals surface area (Å²) in [6, 6.07) is 2.01. The van der Waals surface area contributed by atoms with E-state index in [0.717, 1.165) is 5.69 Å². The summed E-state index contributed by atoms with van der Waals surface area (Å²) in [6.07, 6.45) is 0.324. The molecule has 0 radical (unpaired) electrons. The number of likely N-dealkylation sites (N-methyl/N-ethyl adjacent to an activating group) is 1. The smallest absolute Gasteiger partial charge is 0.291 e. The number of carbonyl (C=O) groups is 3. The van der Waals surface area contributed by atoms with Gasteiger partial charge in [-0.15, -0.1) is 10.1 Å². The summed E-state index contributed by atoms with van der Waals surface area (Å²) in [5, 5.41) is 57.5. The molecule has 200 valence electrons. The Hall–Kier alpha value is -4.17. The van der Waals surface area contributed by atoms with Gasteiger partial charge in [0.15, 0.2) is 11.4 Å². The minimum atomic E-state index is -2.63. The fourth-order valence-electron chi connectivity index (χ4n) is 5.65. The number of nitrogens with zero attached hydrogens (tertiary/aromatic N) is 3. The number of primary amides is 1. The van der Waals surface area contributed by atoms with Gasteiger partial charge in [0, 0.05) is 31.3 Å². The van der Waals surface area contributed by atoms with Crippen LogP contribution in [-0.2, 0) is 20.8 Å². The number of benzene rings is 1. The number of fused-ring (bicyclic) bond motifs is 3. The summed E-state index contributed by atoms with van der Waals surface area (Å²) < 4.78 is 0. The number of hydrogen-bond acceptors (Lipinski definition) is 11. The average molecular weight is 520 g/mol. The Morgan fingerprint density at radius 3 is 2.22 bits per heavy atom. The Morgan fingerprint density at radius 1 is 1.16 bits per heavy atom. The van der Waals surface area contributed by atoms with Gasteiger partial charge >= 0.3 is 0 Å². The van der Waals surface area contributed by atoms with Gasteiger partial charge in [0.05, 0.1) is 11.6 Å². The van der Waals surface area contributed by atoms with Gasteiger partial charge in [-0.25, -0.2) is 0 Å². The molecule has 1 aromatic carbocycles. The number of aliphatic hydroxyl groups excluding tert-OH is 2. The lowest BCUT2D eigenvalue weighted by molar-refractivity contribution is -0.742. The zero-order chi connectivity index (χ0) is 28.1. The van der Waals surface area contributed by atoms with Gasteiger partial charge in [-0.3, -0.25) is 19.3 Å². The molecule has 4 rings (SSSR count). The standard InChI is InChI=1S/C23H27N3O7.HNO3/c1-25(2)12-5-6-13(27)15-10(12)7-9-8-11-17(26(3)4)19(29)16(22(24)32)21(31)23(11,33)20(30)14(9)18(15)28;2-1(3)4/h5-6,9,11,17,27-28,31,33H,7-8H2,1-4H3,(H2,24,32);(H,2,3,4)/t9-,11-,17-,23-;/m0./s1. The van der Waals surface area contributed by atoms with Crippen LogP contribution >= 0.6 is 0 Å². The fourth-order valence-corrected chi connectivity index (χ4v) is 5.65. The first-order valence-electron chi connectivity index (χ1n) is 11.1. The third-order valence-corrected chi connectivity index (χ3v) is 7.06. The van der Waals surface area contributed by atoms with Crippen LogP contribution in [0.5, 0.6) is 5.75 Å². The number of phenolic OH excluding ortho intramolecular Hbond substituents is 1. The summed E-state index contributed by atoms with van der Waals surface area (Å²) in [4.78, 5) is 50.4. The van der Waals surface area contributed by atoms with Gasteiger partial charge in [-0.1, -0.05) is 0 Å². The van der Waals surface area contributed by atoms with Crippen LogP contribution in [-0.4, -0.2) is 92.9 Å². The molecule has 0 aliphatic heterocycles. The summed E-state index contributed by atoms with van der Waals surface area (Å²) in [5.74, 6) is -6.54. The van der Waals surface area contributed by atoms with Crippen molar-refractivity contribution in [2.45, 2.75) is 24.5 Å². The Labute approximate surface area is 210 Å². The lowest BCUT2D eigenvalue weighted by atomic mass is 9.57. The van der Waals surface area contributed by atoms with Crippen LogP contribution in [0, 0.1) is 22.0 Å². The molecule has 1 saturated carbocycles. The largest absolute Gasteiger partial charge is 0.508 e. The van der Waals surface area contributed by atoms with E-state index >= 15 is 0 Å². The summed E-state index contributed by atoms with van der Waals surface area (Å²) in [6.45, 7) is 0. The number of amides is 1. The fraction of sp³-hybridized carbons (Fsp3) is 0.435. The molecule has 0 heterocycles. The highest BCUT2D eigenvalue weighted by atomic mass is 16.9. The van der Waals surface area contributed by atoms with Crippen LogP contribution < -0.4 is 10.6 Å². The van der Waals surface area contributed by atoms with Crippen LogP contribution in [0.2, 0.25) is 0 Å². The van der Waals surface area contributed by atoms with Crippen molar-refractivity contribution in [3.05, 3.63) is 50.3 Å². The maximum Gasteiger partial charge on any atom is 0.291 e. The Bertz CT molecular complexity index is 1260. The van der Waals surface area contributed by atoms with Crippen molar-refractivity contribution >= 4 is 28.9 Å². The normalized spacial score (nSPS) is 26.6. The Kier molecular flexibility index (Phi) is 6.94. The molecule has 0 spiro atoms. The first-order valence-corrected chi connectivity index (χ1v) is 11.1. The number of ketones is 2. The molecule has 4 atom stereocenters. The van der Waals surface area contributed by atoms with Crippen LogP contribution in [0.3, 0.4) is 0 Å². The van der Waals surface area contributed by atoms with Gasteiger partial charge in [0.25, 0.3) is 11.0 Å². The highest BCUT2D eigenvalue weighted by Gasteiger charge is 2.64. The van der Waals surface area contributed by atoms with Crippen molar-refractivity contribution in [1.82, 2.24) is 4.90 Å². The number of aromatic hydroxyl groups is 1. The van der Waals surface area contributed by atoms with Crippen molar-refractivity contribution in [1.29, 1.82) is 0 Å². The van der Waals surface area contributed by atoms with Crippen LogP contribution in [0.4, 0.5) is 5.69 Å². The number of carbonyl (C=O) groups excluding carboxylic acids is 3. The van der Waals surface area contributed by atoms with Crippen molar-refractivity contribution in [3.8, 4) is 5.75 Å². The van der Waals surface area contributed by atoms with Gasteiger partial charge in [0.1, 0.15) is 22.8 Å². The van der Waals surface area contributed by atoms with Gasteiger partial charge < -0.3 is 36.3 Å². The minimum absolute atomic E-state index is 0.0638. The Morgan fingerprint density at radius 2 is 1.73 bits per heavy atom. The number of anilines is 1. The molecule has 14 nitrogen and oxygen atoms in total. The molecular formula is C23H28N4O10. The highest BCUT2D eigenvalue weighted by Crippen LogP contribution is 2.53. The first-order chi connectivity index (χ1) is 17.1. The van der Waals surface area contributed by atoms with Gasteiger partial charge in [0.2, 0.25) is 5.78 Å². The molecule has 0 bridgehead atoms. The van der Waals surface area contributed by atoms with E-state index in [1.807, 2.05) is 19.0 Å².